The van der Waals surface area contributed by atoms with E-state index in [2.05, 4.69) is 17.3 Å². The predicted molar refractivity (Wildman–Crippen MR) is 114 cm³/mol. The molecule has 2 aliphatic carbocycles. The fraction of sp³-hybridized carbons (Fsp3) is 0.955. The lowest BCUT2D eigenvalue weighted by Crippen LogP contribution is -3.15. The number of nitrogens with zero attached hydrogens (tertiary/aromatic N) is 1. The maximum atomic E-state index is 12.9. The molecule has 0 aromatic heterocycles. The molecule has 3 heterocycles. The Kier molecular flexibility index (Phi) is 5.54. The van der Waals surface area contributed by atoms with E-state index >= 15 is 0 Å². The molecule has 8 heteroatoms. The number of nitrogens with one attached hydrogen (secondary N) is 2. The average Bonchev–Trinajstić information content (AvgIpc) is 3.12. The first kappa shape index (κ1) is 21.3. The molecular formula is C22H38N3O4S+. The smallest absolute Gasteiger partial charge is 0.218 e. The second-order valence-electron chi connectivity index (χ2n) is 10.6. The fourth-order valence-electron chi connectivity index (χ4n) is 8.54. The van der Waals surface area contributed by atoms with Gasteiger partial charge in [-0.3, -0.25) is 13.9 Å². The number of aliphatic hydroxyl groups is 1. The van der Waals surface area contributed by atoms with E-state index < -0.39 is 10.8 Å². The number of methoxy groups -OCH3 is 1. The molecule has 2 saturated carbocycles. The van der Waals surface area contributed by atoms with E-state index in [1.165, 1.54) is 4.90 Å². The zero-order valence-corrected chi connectivity index (χ0v) is 19.4. The Bertz CT molecular complexity index is 722. The SMILES string of the molecule is COC1C2C3C(C[C@@H](NC(C)=O)N4C5CCC(O)CC5C(CC[NH+]2C)C34)C1[S@@](C)=O. The first-order valence-electron chi connectivity index (χ1n) is 11.7. The molecule has 0 bridgehead atoms. The molecule has 0 spiro atoms. The number of carbonyl (C=O) groups excluding carboxylic acids is 1. The third-order valence-electron chi connectivity index (χ3n) is 9.27. The molecule has 30 heavy (non-hydrogen) atoms. The van der Waals surface area contributed by atoms with Gasteiger partial charge in [0.05, 0.1) is 31.1 Å². The van der Waals surface area contributed by atoms with Crippen LogP contribution in [0.2, 0.25) is 0 Å². The molecule has 13 atom stereocenters. The molecule has 5 aliphatic rings. The van der Waals surface area contributed by atoms with Crippen molar-refractivity contribution >= 4 is 16.7 Å². The van der Waals surface area contributed by atoms with Gasteiger partial charge in [-0.05, 0) is 43.4 Å². The van der Waals surface area contributed by atoms with Crippen molar-refractivity contribution in [1.29, 1.82) is 0 Å². The highest BCUT2D eigenvalue weighted by molar-refractivity contribution is 7.85. The average molecular weight is 441 g/mol. The molecule has 5 fully saturated rings. The summed E-state index contributed by atoms with van der Waals surface area (Å²) in [6.07, 6.45) is 6.39. The topological polar surface area (TPSA) is 83.3 Å². The third kappa shape index (κ3) is 3.04. The number of quaternary nitrogens is 1. The number of likely N-dealkylation sites (tertiary alicyclic amines) is 1. The van der Waals surface area contributed by atoms with Gasteiger partial charge in [0.2, 0.25) is 5.91 Å². The van der Waals surface area contributed by atoms with Crippen LogP contribution in [0.25, 0.3) is 0 Å². The van der Waals surface area contributed by atoms with Gasteiger partial charge in [0.25, 0.3) is 0 Å². The number of carbonyl (C=O) groups is 1. The molecule has 7 nitrogen and oxygen atoms in total. The number of fused-ring (bicyclic) bond motifs is 3. The Morgan fingerprint density at radius 3 is 2.63 bits per heavy atom. The van der Waals surface area contributed by atoms with Crippen molar-refractivity contribution in [1.82, 2.24) is 10.2 Å². The Hall–Kier alpha value is -0.540. The van der Waals surface area contributed by atoms with E-state index in [0.29, 0.717) is 41.8 Å². The summed E-state index contributed by atoms with van der Waals surface area (Å²) in [6, 6.07) is 1.16. The quantitative estimate of drug-likeness (QED) is 0.523. The molecular weight excluding hydrogens is 402 g/mol. The van der Waals surface area contributed by atoms with Crippen molar-refractivity contribution in [3.05, 3.63) is 0 Å². The Morgan fingerprint density at radius 2 is 1.97 bits per heavy atom. The number of likely N-dealkylation sites (N-methyl/N-ethyl adjacent to an activating group) is 1. The molecule has 0 aromatic carbocycles. The summed E-state index contributed by atoms with van der Waals surface area (Å²) in [4.78, 5) is 16.3. The van der Waals surface area contributed by atoms with E-state index in [1.54, 1.807) is 14.0 Å². The Balaban J connectivity index is 1.61. The van der Waals surface area contributed by atoms with Crippen molar-refractivity contribution in [3.63, 3.8) is 0 Å². The van der Waals surface area contributed by atoms with Gasteiger partial charge < -0.3 is 20.1 Å². The summed E-state index contributed by atoms with van der Waals surface area (Å²) in [5.74, 6) is 1.77. The minimum atomic E-state index is -0.973. The molecule has 11 unspecified atom stereocenters. The zero-order chi connectivity index (χ0) is 21.3. The lowest BCUT2D eigenvalue weighted by atomic mass is 9.71. The van der Waals surface area contributed by atoms with Crippen LogP contribution in [0, 0.1) is 23.7 Å². The highest BCUT2D eigenvalue weighted by atomic mass is 32.2. The van der Waals surface area contributed by atoms with Gasteiger partial charge in [-0.1, -0.05) is 0 Å². The molecule has 3 N–H and O–H groups in total. The number of piperidine rings is 1. The second-order valence-corrected chi connectivity index (χ2v) is 12.1. The van der Waals surface area contributed by atoms with Crippen LogP contribution < -0.4 is 10.2 Å². The molecule has 1 amide bonds. The van der Waals surface area contributed by atoms with Crippen molar-refractivity contribution in [2.45, 2.75) is 80.8 Å². The number of hydrogen-bond donors (Lipinski definition) is 3. The van der Waals surface area contributed by atoms with Crippen LogP contribution in [-0.4, -0.2) is 88.8 Å². The lowest BCUT2D eigenvalue weighted by Gasteiger charge is -2.49. The van der Waals surface area contributed by atoms with Crippen LogP contribution >= 0.6 is 0 Å². The van der Waals surface area contributed by atoms with Gasteiger partial charge in [-0.2, -0.15) is 0 Å². The van der Waals surface area contributed by atoms with Gasteiger partial charge in [0.1, 0.15) is 12.1 Å². The van der Waals surface area contributed by atoms with Crippen LogP contribution in [0.3, 0.4) is 0 Å². The molecule has 170 valence electrons. The summed E-state index contributed by atoms with van der Waals surface area (Å²) in [5, 5.41) is 13.8. The van der Waals surface area contributed by atoms with Gasteiger partial charge in [-0.25, -0.2) is 0 Å². The van der Waals surface area contributed by atoms with E-state index in [-0.39, 0.29) is 29.5 Å². The van der Waals surface area contributed by atoms with Crippen LogP contribution in [0.5, 0.6) is 0 Å². The highest BCUT2D eigenvalue weighted by Crippen LogP contribution is 2.57. The van der Waals surface area contributed by atoms with E-state index in [0.717, 1.165) is 38.6 Å². The minimum absolute atomic E-state index is 0.00204. The number of aliphatic hydroxyl groups excluding tert-OH is 1. The summed E-state index contributed by atoms with van der Waals surface area (Å²) in [7, 11) is 3.10. The third-order valence-corrected chi connectivity index (χ3v) is 10.7. The highest BCUT2D eigenvalue weighted by Gasteiger charge is 2.68. The van der Waals surface area contributed by atoms with Crippen molar-refractivity contribution in [3.8, 4) is 0 Å². The maximum Gasteiger partial charge on any atom is 0.218 e. The Labute approximate surface area is 182 Å². The van der Waals surface area contributed by atoms with Gasteiger partial charge in [0, 0.05) is 55.5 Å². The monoisotopic (exact) mass is 440 g/mol. The number of rotatable bonds is 3. The molecule has 0 radical (unpaired) electrons. The van der Waals surface area contributed by atoms with Crippen molar-refractivity contribution in [2.24, 2.45) is 23.7 Å². The maximum absolute atomic E-state index is 12.9. The van der Waals surface area contributed by atoms with Gasteiger partial charge >= 0.3 is 0 Å². The largest absolute Gasteiger partial charge is 0.393 e. The molecule has 5 rings (SSSR count). The number of amides is 1. The number of ether oxygens (including phenoxy) is 1. The summed E-state index contributed by atoms with van der Waals surface area (Å²) >= 11 is 0. The normalized spacial score (nSPS) is 53.5. The van der Waals surface area contributed by atoms with Crippen molar-refractivity contribution < 1.29 is 23.7 Å². The van der Waals surface area contributed by atoms with E-state index in [4.69, 9.17) is 4.74 Å². The first-order valence-corrected chi connectivity index (χ1v) is 13.4. The summed E-state index contributed by atoms with van der Waals surface area (Å²) in [5.41, 5.74) is 0. The van der Waals surface area contributed by atoms with Crippen LogP contribution in [0.15, 0.2) is 0 Å². The van der Waals surface area contributed by atoms with E-state index in [9.17, 15) is 14.1 Å². The molecule has 0 aromatic rings. The second kappa shape index (κ2) is 7.80. The Morgan fingerprint density at radius 1 is 1.20 bits per heavy atom. The summed E-state index contributed by atoms with van der Waals surface area (Å²) in [6.45, 7) is 2.70. The minimum Gasteiger partial charge on any atom is -0.393 e. The molecule has 3 saturated heterocycles. The van der Waals surface area contributed by atoms with Crippen LogP contribution in [0.4, 0.5) is 0 Å². The van der Waals surface area contributed by atoms with Crippen molar-refractivity contribution in [2.75, 3.05) is 27.0 Å². The lowest BCUT2D eigenvalue weighted by molar-refractivity contribution is -0.911. The zero-order valence-electron chi connectivity index (χ0n) is 18.6. The standard InChI is InChI=1S/C22H37N3O4S/c1-11(26)23-17-10-15-18-19-13(14-9-12(27)5-6-16(14)25(17)19)7-8-24(2)20(18)21(29-3)22(15)30(4)28/h12-22,27H,5-10H2,1-4H3,(H,23,26)/p+1/t12?,13?,14?,15?,16?,17-,18?,19?,20?,21?,22?,30+/m0/s1. The van der Waals surface area contributed by atoms with Gasteiger partial charge in [0.15, 0.2) is 0 Å². The van der Waals surface area contributed by atoms with Crippen LogP contribution in [-0.2, 0) is 20.3 Å². The van der Waals surface area contributed by atoms with Crippen LogP contribution in [0.1, 0.15) is 39.0 Å². The van der Waals surface area contributed by atoms with E-state index in [1.807, 2.05) is 6.26 Å². The number of hydrogen-bond acceptors (Lipinski definition) is 5. The summed E-state index contributed by atoms with van der Waals surface area (Å²) < 4.78 is 19.0. The first-order chi connectivity index (χ1) is 14.3. The fourth-order valence-corrected chi connectivity index (χ4v) is 9.99. The predicted octanol–water partition coefficient (Wildman–Crippen LogP) is -1.02. The van der Waals surface area contributed by atoms with Gasteiger partial charge in [-0.15, -0.1) is 0 Å². The molecule has 3 aliphatic heterocycles.